The highest BCUT2D eigenvalue weighted by Crippen LogP contribution is 2.34. The molecule has 17 heavy (non-hydrogen) atoms. The molecule has 0 aromatic carbocycles. The number of nitrogens with two attached hydrogens (primary N) is 1. The summed E-state index contributed by atoms with van der Waals surface area (Å²) < 4.78 is 0. The first kappa shape index (κ1) is 12.3. The first-order valence-electron chi connectivity index (χ1n) is 6.89. The molecule has 1 fully saturated rings. The highest BCUT2D eigenvalue weighted by atomic mass is 15.0. The van der Waals surface area contributed by atoms with Gasteiger partial charge in [0.05, 0.1) is 0 Å². The summed E-state index contributed by atoms with van der Waals surface area (Å²) in [5.74, 6) is 2.67. The smallest absolute Gasteiger partial charge is 0.134 e. The maximum atomic E-state index is 5.92. The Bertz CT molecular complexity index is 345. The van der Waals surface area contributed by atoms with Crippen LogP contribution < -0.4 is 5.73 Å². The molecule has 0 spiro atoms. The standard InChI is InChI=1S/C14H23N3/c1-3-10(4-2)14-16-12(9-13(15)17-14)11-7-5-6-8-11/h9-11H,3-8H2,1-2H3,(H2,15,16,17). The fourth-order valence-corrected chi connectivity index (χ4v) is 2.77. The van der Waals surface area contributed by atoms with Gasteiger partial charge in [0.1, 0.15) is 11.6 Å². The zero-order valence-corrected chi connectivity index (χ0v) is 10.9. The summed E-state index contributed by atoms with van der Waals surface area (Å²) in [6.45, 7) is 4.38. The van der Waals surface area contributed by atoms with E-state index in [2.05, 4.69) is 18.8 Å². The molecule has 0 radical (unpaired) electrons. The average Bonchev–Trinajstić information content (AvgIpc) is 2.83. The van der Waals surface area contributed by atoms with Gasteiger partial charge in [0, 0.05) is 23.6 Å². The van der Waals surface area contributed by atoms with E-state index in [1.54, 1.807) is 0 Å². The quantitative estimate of drug-likeness (QED) is 0.864. The summed E-state index contributed by atoms with van der Waals surface area (Å²) in [7, 11) is 0. The Morgan fingerprint density at radius 3 is 2.47 bits per heavy atom. The summed E-state index contributed by atoms with van der Waals surface area (Å²) in [6, 6.07) is 1.97. The van der Waals surface area contributed by atoms with Crippen LogP contribution in [0.15, 0.2) is 6.07 Å². The molecule has 3 nitrogen and oxygen atoms in total. The van der Waals surface area contributed by atoms with Crippen LogP contribution in [0.1, 0.15) is 75.7 Å². The van der Waals surface area contributed by atoms with E-state index in [1.165, 1.54) is 31.4 Å². The van der Waals surface area contributed by atoms with E-state index in [-0.39, 0.29) is 0 Å². The molecule has 2 N–H and O–H groups in total. The van der Waals surface area contributed by atoms with Gasteiger partial charge in [-0.2, -0.15) is 0 Å². The van der Waals surface area contributed by atoms with Gasteiger partial charge in [-0.1, -0.05) is 26.7 Å². The maximum Gasteiger partial charge on any atom is 0.134 e. The second-order valence-corrected chi connectivity index (χ2v) is 5.07. The molecular weight excluding hydrogens is 210 g/mol. The number of rotatable bonds is 4. The Morgan fingerprint density at radius 2 is 1.88 bits per heavy atom. The zero-order valence-electron chi connectivity index (χ0n) is 10.9. The Labute approximate surface area is 104 Å². The first-order valence-corrected chi connectivity index (χ1v) is 6.89. The van der Waals surface area contributed by atoms with Gasteiger partial charge in [0.2, 0.25) is 0 Å². The van der Waals surface area contributed by atoms with Crippen LogP contribution in [-0.4, -0.2) is 9.97 Å². The predicted molar refractivity (Wildman–Crippen MR) is 71.0 cm³/mol. The van der Waals surface area contributed by atoms with Gasteiger partial charge in [-0.25, -0.2) is 9.97 Å². The Hall–Kier alpha value is -1.12. The molecule has 0 aliphatic heterocycles. The minimum Gasteiger partial charge on any atom is -0.384 e. The van der Waals surface area contributed by atoms with Crippen LogP contribution in [0.25, 0.3) is 0 Å². The molecule has 1 saturated carbocycles. The third-order valence-corrected chi connectivity index (χ3v) is 3.91. The van der Waals surface area contributed by atoms with E-state index >= 15 is 0 Å². The summed E-state index contributed by atoms with van der Waals surface area (Å²) >= 11 is 0. The molecule has 0 amide bonds. The lowest BCUT2D eigenvalue weighted by Gasteiger charge is -2.15. The topological polar surface area (TPSA) is 51.8 Å². The number of nitrogens with zero attached hydrogens (tertiary/aromatic N) is 2. The van der Waals surface area contributed by atoms with Crippen LogP contribution in [0, 0.1) is 0 Å². The van der Waals surface area contributed by atoms with E-state index in [0.717, 1.165) is 18.7 Å². The van der Waals surface area contributed by atoms with E-state index in [1.807, 2.05) is 6.07 Å². The molecule has 1 aromatic heterocycles. The number of anilines is 1. The highest BCUT2D eigenvalue weighted by Gasteiger charge is 2.21. The second-order valence-electron chi connectivity index (χ2n) is 5.07. The highest BCUT2D eigenvalue weighted by molar-refractivity contribution is 5.32. The van der Waals surface area contributed by atoms with Crippen LogP contribution in [-0.2, 0) is 0 Å². The van der Waals surface area contributed by atoms with Gasteiger partial charge in [-0.15, -0.1) is 0 Å². The summed E-state index contributed by atoms with van der Waals surface area (Å²) in [5.41, 5.74) is 7.10. The molecule has 1 aliphatic carbocycles. The van der Waals surface area contributed by atoms with Crippen molar-refractivity contribution in [3.05, 3.63) is 17.6 Å². The molecule has 0 atom stereocenters. The van der Waals surface area contributed by atoms with E-state index in [4.69, 9.17) is 10.7 Å². The Morgan fingerprint density at radius 1 is 1.24 bits per heavy atom. The molecule has 3 heteroatoms. The molecule has 1 heterocycles. The van der Waals surface area contributed by atoms with Gasteiger partial charge in [-0.3, -0.25) is 0 Å². The fourth-order valence-electron chi connectivity index (χ4n) is 2.77. The van der Waals surface area contributed by atoms with Gasteiger partial charge < -0.3 is 5.73 Å². The molecule has 2 rings (SSSR count). The monoisotopic (exact) mass is 233 g/mol. The molecule has 0 unspecified atom stereocenters. The molecule has 0 saturated heterocycles. The predicted octanol–water partition coefficient (Wildman–Crippen LogP) is 3.62. The third kappa shape index (κ3) is 2.76. The lowest BCUT2D eigenvalue weighted by molar-refractivity contribution is 0.588. The van der Waals surface area contributed by atoms with Crippen molar-refractivity contribution in [2.75, 3.05) is 5.73 Å². The molecular formula is C14H23N3. The van der Waals surface area contributed by atoms with Crippen LogP contribution in [0.5, 0.6) is 0 Å². The van der Waals surface area contributed by atoms with Crippen molar-refractivity contribution < 1.29 is 0 Å². The van der Waals surface area contributed by atoms with Gasteiger partial charge in [-0.05, 0) is 25.7 Å². The van der Waals surface area contributed by atoms with Crippen molar-refractivity contribution in [3.63, 3.8) is 0 Å². The third-order valence-electron chi connectivity index (χ3n) is 3.91. The van der Waals surface area contributed by atoms with Crippen LogP contribution in [0.3, 0.4) is 0 Å². The number of hydrogen-bond donors (Lipinski definition) is 1. The fraction of sp³-hybridized carbons (Fsp3) is 0.714. The molecule has 94 valence electrons. The minimum absolute atomic E-state index is 0.457. The van der Waals surface area contributed by atoms with Crippen molar-refractivity contribution in [1.29, 1.82) is 0 Å². The van der Waals surface area contributed by atoms with Crippen LogP contribution >= 0.6 is 0 Å². The first-order chi connectivity index (χ1) is 8.24. The van der Waals surface area contributed by atoms with E-state index in [0.29, 0.717) is 17.7 Å². The number of hydrogen-bond acceptors (Lipinski definition) is 3. The average molecular weight is 233 g/mol. The largest absolute Gasteiger partial charge is 0.384 e. The van der Waals surface area contributed by atoms with Crippen LogP contribution in [0.2, 0.25) is 0 Å². The van der Waals surface area contributed by atoms with Crippen molar-refractivity contribution in [1.82, 2.24) is 9.97 Å². The lowest BCUT2D eigenvalue weighted by Crippen LogP contribution is -2.09. The summed E-state index contributed by atoms with van der Waals surface area (Å²) in [6.07, 6.45) is 7.36. The van der Waals surface area contributed by atoms with Crippen molar-refractivity contribution in [2.24, 2.45) is 0 Å². The van der Waals surface area contributed by atoms with Crippen molar-refractivity contribution >= 4 is 5.82 Å². The Balaban J connectivity index is 2.27. The van der Waals surface area contributed by atoms with Gasteiger partial charge >= 0.3 is 0 Å². The number of nitrogen functional groups attached to an aromatic ring is 1. The number of aromatic nitrogens is 2. The maximum absolute atomic E-state index is 5.92. The molecule has 1 aromatic rings. The summed E-state index contributed by atoms with van der Waals surface area (Å²) in [4.78, 5) is 9.18. The lowest BCUT2D eigenvalue weighted by atomic mass is 10.0. The van der Waals surface area contributed by atoms with Crippen molar-refractivity contribution in [2.45, 2.75) is 64.2 Å². The SMILES string of the molecule is CCC(CC)c1nc(N)cc(C2CCCC2)n1. The molecule has 0 bridgehead atoms. The summed E-state index contributed by atoms with van der Waals surface area (Å²) in [5, 5.41) is 0. The molecule has 1 aliphatic rings. The van der Waals surface area contributed by atoms with Crippen molar-refractivity contribution in [3.8, 4) is 0 Å². The van der Waals surface area contributed by atoms with Crippen LogP contribution in [0.4, 0.5) is 5.82 Å². The zero-order chi connectivity index (χ0) is 12.3. The van der Waals surface area contributed by atoms with E-state index in [9.17, 15) is 0 Å². The van der Waals surface area contributed by atoms with E-state index < -0.39 is 0 Å². The normalized spacial score (nSPS) is 16.9. The Kier molecular flexibility index (Phi) is 3.97. The van der Waals surface area contributed by atoms with Gasteiger partial charge in [0.25, 0.3) is 0 Å². The minimum atomic E-state index is 0.457. The van der Waals surface area contributed by atoms with Gasteiger partial charge in [0.15, 0.2) is 0 Å². The second kappa shape index (κ2) is 5.48.